The zero-order chi connectivity index (χ0) is 22.6. The lowest BCUT2D eigenvalue weighted by atomic mass is 9.82. The van der Waals surface area contributed by atoms with E-state index in [1.54, 1.807) is 0 Å². The van der Waals surface area contributed by atoms with E-state index in [9.17, 15) is 19.2 Å². The predicted molar refractivity (Wildman–Crippen MR) is 111 cm³/mol. The SMILES string of the molecule is C=CC(=O)OCCCCOC(=O)C1CCC(C(=O)OC2CCC(C(=O)OC)CC2)CC1. The minimum atomic E-state index is -0.457. The number of carbonyl (C=O) groups is 4. The molecule has 2 saturated carbocycles. The third-order valence-corrected chi connectivity index (χ3v) is 6.08. The summed E-state index contributed by atoms with van der Waals surface area (Å²) in [6.45, 7) is 3.89. The summed E-state index contributed by atoms with van der Waals surface area (Å²) in [5.74, 6) is -1.52. The highest BCUT2D eigenvalue weighted by Crippen LogP contribution is 2.33. The van der Waals surface area contributed by atoms with E-state index in [1.165, 1.54) is 7.11 Å². The number of rotatable bonds is 10. The van der Waals surface area contributed by atoms with Gasteiger partial charge in [0, 0.05) is 6.08 Å². The Kier molecular flexibility index (Phi) is 10.5. The van der Waals surface area contributed by atoms with Gasteiger partial charge in [-0.2, -0.15) is 0 Å². The first-order chi connectivity index (χ1) is 14.9. The summed E-state index contributed by atoms with van der Waals surface area (Å²) in [4.78, 5) is 47.2. The third-order valence-electron chi connectivity index (χ3n) is 6.08. The van der Waals surface area contributed by atoms with Crippen molar-refractivity contribution in [2.75, 3.05) is 20.3 Å². The Morgan fingerprint density at radius 2 is 1.23 bits per heavy atom. The summed E-state index contributed by atoms with van der Waals surface area (Å²) in [5, 5.41) is 0. The van der Waals surface area contributed by atoms with Gasteiger partial charge in [-0.1, -0.05) is 6.58 Å². The lowest BCUT2D eigenvalue weighted by Gasteiger charge is -2.30. The Hall–Kier alpha value is -2.38. The molecule has 0 spiro atoms. The average molecular weight is 439 g/mol. The van der Waals surface area contributed by atoms with Gasteiger partial charge in [-0.05, 0) is 64.2 Å². The molecular weight excluding hydrogens is 404 g/mol. The topological polar surface area (TPSA) is 105 Å². The monoisotopic (exact) mass is 438 g/mol. The first kappa shape index (κ1) is 24.9. The van der Waals surface area contributed by atoms with Crippen molar-refractivity contribution in [2.24, 2.45) is 17.8 Å². The van der Waals surface area contributed by atoms with Crippen molar-refractivity contribution in [3.63, 3.8) is 0 Å². The van der Waals surface area contributed by atoms with Crippen LogP contribution in [-0.2, 0) is 38.1 Å². The predicted octanol–water partition coefficient (Wildman–Crippen LogP) is 3.12. The molecule has 2 aliphatic carbocycles. The van der Waals surface area contributed by atoms with Gasteiger partial charge in [-0.25, -0.2) is 4.79 Å². The second kappa shape index (κ2) is 13.1. The summed E-state index contributed by atoms with van der Waals surface area (Å²) in [6.07, 6.45) is 7.41. The zero-order valence-electron chi connectivity index (χ0n) is 18.3. The van der Waals surface area contributed by atoms with E-state index >= 15 is 0 Å². The van der Waals surface area contributed by atoms with Gasteiger partial charge in [0.25, 0.3) is 0 Å². The minimum Gasteiger partial charge on any atom is -0.469 e. The van der Waals surface area contributed by atoms with Crippen LogP contribution in [0.2, 0.25) is 0 Å². The van der Waals surface area contributed by atoms with Gasteiger partial charge < -0.3 is 18.9 Å². The Bertz CT molecular complexity index is 627. The van der Waals surface area contributed by atoms with Crippen molar-refractivity contribution < 1.29 is 38.1 Å². The maximum Gasteiger partial charge on any atom is 0.330 e. The summed E-state index contributed by atoms with van der Waals surface area (Å²) in [7, 11) is 1.39. The van der Waals surface area contributed by atoms with Crippen molar-refractivity contribution in [3.05, 3.63) is 12.7 Å². The molecule has 0 aromatic carbocycles. The summed E-state index contributed by atoms with van der Waals surface area (Å²) < 4.78 is 20.6. The van der Waals surface area contributed by atoms with Crippen molar-refractivity contribution in [3.8, 4) is 0 Å². The van der Waals surface area contributed by atoms with Gasteiger partial charge in [0.2, 0.25) is 0 Å². The number of esters is 4. The van der Waals surface area contributed by atoms with Crippen LogP contribution in [-0.4, -0.2) is 50.3 Å². The quantitative estimate of drug-likeness (QED) is 0.222. The number of hydrogen-bond donors (Lipinski definition) is 0. The number of hydrogen-bond acceptors (Lipinski definition) is 8. The van der Waals surface area contributed by atoms with Crippen LogP contribution in [0.25, 0.3) is 0 Å². The fourth-order valence-electron chi connectivity index (χ4n) is 4.13. The van der Waals surface area contributed by atoms with Crippen LogP contribution in [0, 0.1) is 17.8 Å². The molecule has 0 aliphatic heterocycles. The first-order valence-corrected chi connectivity index (χ1v) is 11.2. The van der Waals surface area contributed by atoms with Crippen LogP contribution in [0.1, 0.15) is 64.2 Å². The highest BCUT2D eigenvalue weighted by molar-refractivity contribution is 5.81. The van der Waals surface area contributed by atoms with E-state index in [4.69, 9.17) is 18.9 Å². The summed E-state index contributed by atoms with van der Waals surface area (Å²) >= 11 is 0. The van der Waals surface area contributed by atoms with Crippen LogP contribution < -0.4 is 0 Å². The molecule has 0 atom stereocenters. The fourth-order valence-corrected chi connectivity index (χ4v) is 4.13. The molecule has 0 radical (unpaired) electrons. The van der Waals surface area contributed by atoms with Gasteiger partial charge in [-0.3, -0.25) is 14.4 Å². The standard InChI is InChI=1S/C23H34O8/c1-3-20(24)29-14-4-5-15-30-22(26)17-6-8-18(9-7-17)23(27)31-19-12-10-16(11-13-19)21(25)28-2/h3,16-19H,1,4-15H2,2H3. The molecule has 0 saturated heterocycles. The molecule has 0 N–H and O–H groups in total. The molecule has 0 heterocycles. The second-order valence-corrected chi connectivity index (χ2v) is 8.23. The Morgan fingerprint density at radius 3 is 1.77 bits per heavy atom. The van der Waals surface area contributed by atoms with Crippen molar-refractivity contribution in [1.82, 2.24) is 0 Å². The molecule has 174 valence electrons. The Labute approximate surface area is 183 Å². The molecule has 2 fully saturated rings. The van der Waals surface area contributed by atoms with Gasteiger partial charge in [0.15, 0.2) is 0 Å². The van der Waals surface area contributed by atoms with Gasteiger partial charge in [0.1, 0.15) is 6.10 Å². The van der Waals surface area contributed by atoms with Crippen LogP contribution in [0.5, 0.6) is 0 Å². The second-order valence-electron chi connectivity index (χ2n) is 8.23. The largest absolute Gasteiger partial charge is 0.469 e. The molecule has 0 amide bonds. The highest BCUT2D eigenvalue weighted by atomic mass is 16.5. The van der Waals surface area contributed by atoms with Crippen LogP contribution in [0.4, 0.5) is 0 Å². The molecule has 2 aliphatic rings. The summed E-state index contributed by atoms with van der Waals surface area (Å²) in [5.41, 5.74) is 0. The summed E-state index contributed by atoms with van der Waals surface area (Å²) in [6, 6.07) is 0. The number of ether oxygens (including phenoxy) is 4. The molecule has 2 rings (SSSR count). The molecule has 0 unspecified atom stereocenters. The highest BCUT2D eigenvalue weighted by Gasteiger charge is 2.34. The van der Waals surface area contributed by atoms with Gasteiger partial charge in [0.05, 0.1) is 38.1 Å². The van der Waals surface area contributed by atoms with Gasteiger partial charge in [-0.15, -0.1) is 0 Å². The number of carbonyl (C=O) groups excluding carboxylic acids is 4. The van der Waals surface area contributed by atoms with E-state index in [0.717, 1.165) is 6.08 Å². The van der Waals surface area contributed by atoms with Gasteiger partial charge >= 0.3 is 23.9 Å². The lowest BCUT2D eigenvalue weighted by Crippen LogP contribution is -2.33. The van der Waals surface area contributed by atoms with E-state index in [1.807, 2.05) is 0 Å². The maximum absolute atomic E-state index is 12.5. The fraction of sp³-hybridized carbons (Fsp3) is 0.739. The van der Waals surface area contributed by atoms with E-state index in [2.05, 4.69) is 6.58 Å². The smallest absolute Gasteiger partial charge is 0.330 e. The number of methoxy groups -OCH3 is 1. The number of unbranched alkanes of at least 4 members (excludes halogenated alkanes) is 1. The Balaban J connectivity index is 1.58. The molecule has 8 heteroatoms. The molecule has 31 heavy (non-hydrogen) atoms. The van der Waals surface area contributed by atoms with Crippen LogP contribution in [0.15, 0.2) is 12.7 Å². The van der Waals surface area contributed by atoms with E-state index in [0.29, 0.717) is 70.8 Å². The first-order valence-electron chi connectivity index (χ1n) is 11.2. The van der Waals surface area contributed by atoms with Crippen molar-refractivity contribution in [1.29, 1.82) is 0 Å². The van der Waals surface area contributed by atoms with Crippen LogP contribution in [0.3, 0.4) is 0 Å². The van der Waals surface area contributed by atoms with Crippen molar-refractivity contribution in [2.45, 2.75) is 70.3 Å². The maximum atomic E-state index is 12.5. The molecule has 0 aromatic heterocycles. The van der Waals surface area contributed by atoms with E-state index in [-0.39, 0.29) is 48.4 Å². The van der Waals surface area contributed by atoms with E-state index < -0.39 is 5.97 Å². The molecule has 0 aromatic rings. The van der Waals surface area contributed by atoms with Crippen LogP contribution >= 0.6 is 0 Å². The Morgan fingerprint density at radius 1 is 0.742 bits per heavy atom. The third kappa shape index (κ3) is 8.34. The average Bonchev–Trinajstić information content (AvgIpc) is 2.80. The zero-order valence-corrected chi connectivity index (χ0v) is 18.3. The molecule has 0 bridgehead atoms. The molecule has 8 nitrogen and oxygen atoms in total. The molecular formula is C23H34O8. The van der Waals surface area contributed by atoms with Crippen molar-refractivity contribution >= 4 is 23.9 Å². The normalized spacial score (nSPS) is 25.7. The lowest BCUT2D eigenvalue weighted by molar-refractivity contribution is -0.161. The minimum absolute atomic E-state index is 0.0939.